The summed E-state index contributed by atoms with van der Waals surface area (Å²) in [5, 5.41) is 11.1. The average molecular weight is 250 g/mol. The molecule has 18 heavy (non-hydrogen) atoms. The number of rotatable bonds is 6. The maximum absolute atomic E-state index is 5.81. The Morgan fingerprint density at radius 2 is 2.44 bits per heavy atom. The Morgan fingerprint density at radius 3 is 3.11 bits per heavy atom. The predicted molar refractivity (Wildman–Crippen MR) is 71.2 cm³/mol. The summed E-state index contributed by atoms with van der Waals surface area (Å²) in [6, 6.07) is 0. The van der Waals surface area contributed by atoms with Crippen LogP contribution in [0.4, 0.5) is 0 Å². The first-order chi connectivity index (χ1) is 8.79. The van der Waals surface area contributed by atoms with E-state index in [0.717, 1.165) is 37.8 Å². The van der Waals surface area contributed by atoms with Gasteiger partial charge in [0, 0.05) is 26.1 Å². The molecule has 0 amide bonds. The van der Waals surface area contributed by atoms with Crippen molar-refractivity contribution in [1.29, 1.82) is 0 Å². The fourth-order valence-electron chi connectivity index (χ4n) is 2.00. The van der Waals surface area contributed by atoms with Gasteiger partial charge in [-0.05, 0) is 18.8 Å². The van der Waals surface area contributed by atoms with Gasteiger partial charge in [-0.3, -0.25) is 4.99 Å². The van der Waals surface area contributed by atoms with Gasteiger partial charge in [0.2, 0.25) is 0 Å². The highest BCUT2D eigenvalue weighted by Crippen LogP contribution is 2.26. The molecule has 100 valence electrons. The van der Waals surface area contributed by atoms with Crippen molar-refractivity contribution in [3.63, 3.8) is 0 Å². The molecule has 6 heteroatoms. The van der Waals surface area contributed by atoms with Crippen molar-refractivity contribution in [2.75, 3.05) is 13.1 Å². The van der Waals surface area contributed by atoms with Gasteiger partial charge in [0.25, 0.3) is 0 Å². The lowest BCUT2D eigenvalue weighted by Gasteiger charge is -2.23. The Morgan fingerprint density at radius 1 is 1.61 bits per heavy atom. The van der Waals surface area contributed by atoms with E-state index in [1.165, 1.54) is 19.3 Å². The first-order valence-electron chi connectivity index (χ1n) is 6.70. The predicted octanol–water partition coefficient (Wildman–Crippen LogP) is 0.545. The smallest absolute Gasteiger partial charge is 0.188 e. The summed E-state index contributed by atoms with van der Waals surface area (Å²) in [5.74, 6) is 2.31. The molecule has 0 spiro atoms. The van der Waals surface area contributed by atoms with Crippen LogP contribution in [0.5, 0.6) is 0 Å². The second-order valence-corrected chi connectivity index (χ2v) is 4.74. The monoisotopic (exact) mass is 250 g/mol. The van der Waals surface area contributed by atoms with Crippen molar-refractivity contribution in [3.8, 4) is 0 Å². The largest absolute Gasteiger partial charge is 0.370 e. The minimum Gasteiger partial charge on any atom is -0.370 e. The quantitative estimate of drug-likeness (QED) is 0.570. The van der Waals surface area contributed by atoms with Crippen LogP contribution in [0.1, 0.15) is 32.0 Å². The molecule has 1 heterocycles. The summed E-state index contributed by atoms with van der Waals surface area (Å²) in [6.07, 6.45) is 6.60. The van der Waals surface area contributed by atoms with Crippen LogP contribution in [0.2, 0.25) is 0 Å². The van der Waals surface area contributed by atoms with Crippen LogP contribution in [0, 0.1) is 5.92 Å². The molecule has 0 saturated heterocycles. The van der Waals surface area contributed by atoms with E-state index in [1.54, 1.807) is 6.33 Å². The Kier molecular flexibility index (Phi) is 4.55. The molecule has 1 aliphatic carbocycles. The van der Waals surface area contributed by atoms with Crippen LogP contribution >= 0.6 is 0 Å². The maximum atomic E-state index is 5.81. The normalized spacial score (nSPS) is 16.6. The number of aryl methyl sites for hydroxylation is 1. The molecule has 1 aromatic heterocycles. The summed E-state index contributed by atoms with van der Waals surface area (Å²) < 4.78 is 2.03. The molecule has 0 aliphatic heterocycles. The van der Waals surface area contributed by atoms with Crippen molar-refractivity contribution in [1.82, 2.24) is 20.1 Å². The van der Waals surface area contributed by atoms with E-state index >= 15 is 0 Å². The highest BCUT2D eigenvalue weighted by molar-refractivity contribution is 5.77. The second kappa shape index (κ2) is 6.37. The van der Waals surface area contributed by atoms with E-state index in [1.807, 2.05) is 4.57 Å². The molecular weight excluding hydrogens is 228 g/mol. The molecule has 0 aromatic carbocycles. The van der Waals surface area contributed by atoms with Crippen molar-refractivity contribution >= 4 is 5.96 Å². The number of hydrogen-bond acceptors (Lipinski definition) is 3. The SMILES string of the molecule is CCc1nncn1CCNC(N)=NCC1CCC1. The van der Waals surface area contributed by atoms with Gasteiger partial charge in [-0.2, -0.15) is 0 Å². The van der Waals surface area contributed by atoms with Gasteiger partial charge in [-0.25, -0.2) is 0 Å². The van der Waals surface area contributed by atoms with E-state index < -0.39 is 0 Å². The van der Waals surface area contributed by atoms with Crippen molar-refractivity contribution < 1.29 is 0 Å². The van der Waals surface area contributed by atoms with Crippen LogP contribution in [0.3, 0.4) is 0 Å². The van der Waals surface area contributed by atoms with E-state index in [0.29, 0.717) is 5.96 Å². The number of nitrogens with zero attached hydrogens (tertiary/aromatic N) is 4. The number of guanidine groups is 1. The lowest BCUT2D eigenvalue weighted by atomic mass is 9.86. The fourth-order valence-corrected chi connectivity index (χ4v) is 2.00. The molecule has 1 aliphatic rings. The Balaban J connectivity index is 1.67. The summed E-state index contributed by atoms with van der Waals surface area (Å²) in [6.45, 7) is 4.51. The van der Waals surface area contributed by atoms with Gasteiger partial charge in [0.15, 0.2) is 5.96 Å². The highest BCUT2D eigenvalue weighted by atomic mass is 15.3. The van der Waals surface area contributed by atoms with Crippen LogP contribution in [0.15, 0.2) is 11.3 Å². The molecule has 1 aromatic rings. The molecule has 3 N–H and O–H groups in total. The number of aliphatic imine (C=N–C) groups is 1. The summed E-state index contributed by atoms with van der Waals surface area (Å²) >= 11 is 0. The highest BCUT2D eigenvalue weighted by Gasteiger charge is 2.16. The molecule has 0 unspecified atom stereocenters. The number of nitrogens with two attached hydrogens (primary N) is 1. The Labute approximate surface area is 108 Å². The topological polar surface area (TPSA) is 81.1 Å². The Hall–Kier alpha value is -1.59. The average Bonchev–Trinajstić information content (AvgIpc) is 2.74. The second-order valence-electron chi connectivity index (χ2n) is 4.74. The van der Waals surface area contributed by atoms with Gasteiger partial charge >= 0.3 is 0 Å². The lowest BCUT2D eigenvalue weighted by Crippen LogP contribution is -2.35. The van der Waals surface area contributed by atoms with Gasteiger partial charge in [-0.15, -0.1) is 10.2 Å². The number of nitrogens with one attached hydrogen (secondary N) is 1. The minimum absolute atomic E-state index is 0.549. The van der Waals surface area contributed by atoms with E-state index in [4.69, 9.17) is 5.73 Å². The summed E-state index contributed by atoms with van der Waals surface area (Å²) in [5.41, 5.74) is 5.81. The molecule has 0 radical (unpaired) electrons. The number of hydrogen-bond donors (Lipinski definition) is 2. The minimum atomic E-state index is 0.549. The van der Waals surface area contributed by atoms with Crippen LogP contribution in [-0.2, 0) is 13.0 Å². The number of aromatic nitrogens is 3. The maximum Gasteiger partial charge on any atom is 0.188 e. The van der Waals surface area contributed by atoms with E-state index in [9.17, 15) is 0 Å². The fraction of sp³-hybridized carbons (Fsp3) is 0.750. The van der Waals surface area contributed by atoms with Crippen LogP contribution < -0.4 is 11.1 Å². The third-order valence-electron chi connectivity index (χ3n) is 3.42. The first kappa shape index (κ1) is 12.9. The van der Waals surface area contributed by atoms with Crippen molar-refractivity contribution in [2.24, 2.45) is 16.6 Å². The molecule has 2 rings (SSSR count). The van der Waals surface area contributed by atoms with Gasteiger partial charge in [0.1, 0.15) is 12.2 Å². The van der Waals surface area contributed by atoms with Gasteiger partial charge in [0.05, 0.1) is 0 Å². The third kappa shape index (κ3) is 3.45. The third-order valence-corrected chi connectivity index (χ3v) is 3.42. The lowest BCUT2D eigenvalue weighted by molar-refractivity contribution is 0.326. The van der Waals surface area contributed by atoms with E-state index in [2.05, 4.69) is 27.4 Å². The van der Waals surface area contributed by atoms with Crippen LogP contribution in [-0.4, -0.2) is 33.8 Å². The molecule has 1 fully saturated rings. The zero-order chi connectivity index (χ0) is 12.8. The zero-order valence-electron chi connectivity index (χ0n) is 11.0. The van der Waals surface area contributed by atoms with Gasteiger partial charge in [-0.1, -0.05) is 13.3 Å². The van der Waals surface area contributed by atoms with Crippen molar-refractivity contribution in [2.45, 2.75) is 39.2 Å². The zero-order valence-corrected chi connectivity index (χ0v) is 11.0. The summed E-state index contributed by atoms with van der Waals surface area (Å²) in [4.78, 5) is 4.35. The molecule has 0 atom stereocenters. The van der Waals surface area contributed by atoms with E-state index in [-0.39, 0.29) is 0 Å². The van der Waals surface area contributed by atoms with Gasteiger partial charge < -0.3 is 15.6 Å². The first-order valence-corrected chi connectivity index (χ1v) is 6.70. The molecule has 6 nitrogen and oxygen atoms in total. The van der Waals surface area contributed by atoms with Crippen LogP contribution in [0.25, 0.3) is 0 Å². The standard InChI is InChI=1S/C12H22N6/c1-2-11-17-16-9-18(11)7-6-14-12(13)15-8-10-4-3-5-10/h9-10H,2-8H2,1H3,(H3,13,14,15). The molecule has 1 saturated carbocycles. The molecule has 0 bridgehead atoms. The molecular formula is C12H22N6. The summed E-state index contributed by atoms with van der Waals surface area (Å²) in [7, 11) is 0. The van der Waals surface area contributed by atoms with Crippen molar-refractivity contribution in [3.05, 3.63) is 12.2 Å². The Bertz CT molecular complexity index is 393.